The zero-order valence-electron chi connectivity index (χ0n) is 11.6. The topological polar surface area (TPSA) is 98.3 Å². The van der Waals surface area contributed by atoms with Gasteiger partial charge in [0, 0.05) is 31.6 Å². The number of sulfonamides is 1. The third-order valence-corrected chi connectivity index (χ3v) is 4.63. The summed E-state index contributed by atoms with van der Waals surface area (Å²) in [5.41, 5.74) is 2.52. The van der Waals surface area contributed by atoms with Crippen LogP contribution in [0.2, 0.25) is 0 Å². The number of nitrogens with zero attached hydrogens (tertiary/aromatic N) is 3. The van der Waals surface area contributed by atoms with Gasteiger partial charge >= 0.3 is 0 Å². The van der Waals surface area contributed by atoms with Gasteiger partial charge in [0.15, 0.2) is 0 Å². The summed E-state index contributed by atoms with van der Waals surface area (Å²) in [5, 5.41) is 5.05. The normalized spacial score (nSPS) is 19.6. The van der Waals surface area contributed by atoms with E-state index in [1.54, 1.807) is 11.2 Å². The summed E-state index contributed by atoms with van der Waals surface area (Å²) in [4.78, 5) is 17.9. The molecule has 0 aliphatic carbocycles. The van der Waals surface area contributed by atoms with Crippen molar-refractivity contribution in [1.82, 2.24) is 9.55 Å². The second-order valence-corrected chi connectivity index (χ2v) is 7.09. The smallest absolute Gasteiger partial charge is 0.227 e. The van der Waals surface area contributed by atoms with Crippen molar-refractivity contribution in [3.8, 4) is 0 Å². The fraction of sp³-hybridized carbons (Fsp3) is 0.385. The molecule has 2 N–H and O–H groups in total. The molecule has 1 aromatic carbocycles. The van der Waals surface area contributed by atoms with Crippen LogP contribution in [0.1, 0.15) is 6.42 Å². The maximum absolute atomic E-state index is 12.1. The van der Waals surface area contributed by atoms with Gasteiger partial charge in [0.2, 0.25) is 15.9 Å². The van der Waals surface area contributed by atoms with Gasteiger partial charge in [-0.05, 0) is 18.2 Å². The van der Waals surface area contributed by atoms with Crippen LogP contribution in [0.15, 0.2) is 24.5 Å². The third kappa shape index (κ3) is 2.77. The predicted molar refractivity (Wildman–Crippen MR) is 79.1 cm³/mol. The van der Waals surface area contributed by atoms with Crippen LogP contribution in [0.5, 0.6) is 0 Å². The van der Waals surface area contributed by atoms with Gasteiger partial charge in [-0.25, -0.2) is 18.5 Å². The number of rotatable bonds is 3. The van der Waals surface area contributed by atoms with Crippen LogP contribution in [0.4, 0.5) is 5.69 Å². The molecule has 21 heavy (non-hydrogen) atoms. The van der Waals surface area contributed by atoms with E-state index in [1.165, 1.54) is 0 Å². The Kier molecular flexibility index (Phi) is 3.22. The van der Waals surface area contributed by atoms with Crippen LogP contribution in [0, 0.1) is 5.92 Å². The summed E-state index contributed by atoms with van der Waals surface area (Å²) in [7, 11) is -1.66. The molecule has 1 amide bonds. The molecule has 2 aromatic rings. The molecule has 1 fully saturated rings. The van der Waals surface area contributed by atoms with Crippen LogP contribution in [-0.2, 0) is 21.9 Å². The number of anilines is 1. The highest BCUT2D eigenvalue weighted by Crippen LogP contribution is 2.28. The van der Waals surface area contributed by atoms with Gasteiger partial charge in [-0.15, -0.1) is 0 Å². The number of primary sulfonamides is 1. The van der Waals surface area contributed by atoms with Crippen molar-refractivity contribution in [3.05, 3.63) is 24.5 Å². The van der Waals surface area contributed by atoms with Gasteiger partial charge < -0.3 is 9.47 Å². The van der Waals surface area contributed by atoms with E-state index in [9.17, 15) is 13.2 Å². The molecule has 1 unspecified atom stereocenters. The minimum Gasteiger partial charge on any atom is -0.334 e. The largest absolute Gasteiger partial charge is 0.334 e. The van der Waals surface area contributed by atoms with Crippen LogP contribution >= 0.6 is 0 Å². The fourth-order valence-electron chi connectivity index (χ4n) is 2.76. The van der Waals surface area contributed by atoms with Crippen LogP contribution in [0.25, 0.3) is 11.0 Å². The molecular weight excluding hydrogens is 292 g/mol. The highest BCUT2D eigenvalue weighted by atomic mass is 32.2. The van der Waals surface area contributed by atoms with Gasteiger partial charge in [-0.1, -0.05) is 0 Å². The zero-order valence-corrected chi connectivity index (χ0v) is 12.4. The quantitative estimate of drug-likeness (QED) is 0.876. The number of imidazole rings is 1. The average molecular weight is 308 g/mol. The summed E-state index contributed by atoms with van der Waals surface area (Å²) >= 11 is 0. The van der Waals surface area contributed by atoms with E-state index >= 15 is 0 Å². The lowest BCUT2D eigenvalue weighted by Gasteiger charge is -2.16. The summed E-state index contributed by atoms with van der Waals surface area (Å²) in [5.74, 6) is -0.507. The monoisotopic (exact) mass is 308 g/mol. The molecular formula is C13H16N4O3S. The molecule has 0 radical (unpaired) electrons. The lowest BCUT2D eigenvalue weighted by atomic mass is 10.1. The molecule has 0 spiro atoms. The number of nitrogens with two attached hydrogens (primary N) is 1. The molecule has 3 rings (SSSR count). The molecule has 2 heterocycles. The number of aryl methyl sites for hydroxylation is 1. The lowest BCUT2D eigenvalue weighted by molar-refractivity contribution is -0.117. The van der Waals surface area contributed by atoms with Crippen molar-refractivity contribution in [2.75, 3.05) is 17.2 Å². The van der Waals surface area contributed by atoms with E-state index in [4.69, 9.17) is 5.14 Å². The number of benzene rings is 1. The maximum atomic E-state index is 12.1. The SMILES string of the molecule is Cn1cnc2cc(N3CC(CS(N)(=O)=O)CC3=O)ccc21. The maximum Gasteiger partial charge on any atom is 0.227 e. The molecule has 7 nitrogen and oxygen atoms in total. The molecule has 1 atom stereocenters. The Morgan fingerprint density at radius 3 is 2.90 bits per heavy atom. The molecule has 0 saturated carbocycles. The number of amides is 1. The second kappa shape index (κ2) is 4.81. The Morgan fingerprint density at radius 2 is 2.19 bits per heavy atom. The highest BCUT2D eigenvalue weighted by molar-refractivity contribution is 7.89. The van der Waals surface area contributed by atoms with Crippen molar-refractivity contribution in [1.29, 1.82) is 0 Å². The third-order valence-electron chi connectivity index (χ3n) is 3.69. The Morgan fingerprint density at radius 1 is 1.43 bits per heavy atom. The average Bonchev–Trinajstić information content (AvgIpc) is 2.91. The number of carbonyl (C=O) groups is 1. The zero-order chi connectivity index (χ0) is 15.2. The first-order chi connectivity index (χ1) is 9.83. The first-order valence-corrected chi connectivity index (χ1v) is 8.27. The summed E-state index contributed by atoms with van der Waals surface area (Å²) in [6.45, 7) is 0.369. The number of carbonyl (C=O) groups excluding carboxylic acids is 1. The predicted octanol–water partition coefficient (Wildman–Crippen LogP) is 0.215. The first-order valence-electron chi connectivity index (χ1n) is 6.55. The Bertz CT molecular complexity index is 812. The Balaban J connectivity index is 1.87. The molecule has 1 saturated heterocycles. The van der Waals surface area contributed by atoms with Crippen molar-refractivity contribution >= 4 is 32.7 Å². The van der Waals surface area contributed by atoms with Crippen molar-refractivity contribution in [3.63, 3.8) is 0 Å². The van der Waals surface area contributed by atoms with Crippen molar-refractivity contribution in [2.45, 2.75) is 6.42 Å². The molecule has 1 aliphatic heterocycles. The van der Waals surface area contributed by atoms with Gasteiger partial charge in [0.25, 0.3) is 0 Å². The Labute approximate surface area is 122 Å². The lowest BCUT2D eigenvalue weighted by Crippen LogP contribution is -2.27. The van der Waals surface area contributed by atoms with Gasteiger partial charge in [-0.3, -0.25) is 4.79 Å². The minimum atomic E-state index is -3.56. The van der Waals surface area contributed by atoms with E-state index in [-0.39, 0.29) is 24.0 Å². The van der Waals surface area contributed by atoms with Crippen molar-refractivity contribution < 1.29 is 13.2 Å². The summed E-state index contributed by atoms with van der Waals surface area (Å²) in [6.07, 6.45) is 1.92. The summed E-state index contributed by atoms with van der Waals surface area (Å²) < 4.78 is 24.2. The number of fused-ring (bicyclic) bond motifs is 1. The van der Waals surface area contributed by atoms with E-state index in [2.05, 4.69) is 4.98 Å². The minimum absolute atomic E-state index is 0.0843. The molecule has 1 aliphatic rings. The molecule has 0 bridgehead atoms. The van der Waals surface area contributed by atoms with Gasteiger partial charge in [0.05, 0.1) is 23.1 Å². The van der Waals surface area contributed by atoms with E-state index in [1.807, 2.05) is 29.8 Å². The van der Waals surface area contributed by atoms with E-state index < -0.39 is 10.0 Å². The number of hydrogen-bond acceptors (Lipinski definition) is 4. The van der Waals surface area contributed by atoms with Crippen LogP contribution in [0.3, 0.4) is 0 Å². The van der Waals surface area contributed by atoms with Crippen molar-refractivity contribution in [2.24, 2.45) is 18.1 Å². The Hall–Kier alpha value is -1.93. The van der Waals surface area contributed by atoms with Gasteiger partial charge in [-0.2, -0.15) is 0 Å². The number of aromatic nitrogens is 2. The standard InChI is InChI=1S/C13H16N4O3S/c1-16-8-15-11-5-10(2-3-12(11)16)17-6-9(4-13(17)18)7-21(14,19)20/h2-3,5,8-9H,4,6-7H2,1H3,(H2,14,19,20). The summed E-state index contributed by atoms with van der Waals surface area (Å²) in [6, 6.07) is 5.59. The molecule has 112 valence electrons. The number of hydrogen-bond donors (Lipinski definition) is 1. The highest BCUT2D eigenvalue weighted by Gasteiger charge is 2.32. The van der Waals surface area contributed by atoms with Crippen LogP contribution in [-0.4, -0.2) is 36.2 Å². The van der Waals surface area contributed by atoms with Gasteiger partial charge in [0.1, 0.15) is 0 Å². The van der Waals surface area contributed by atoms with E-state index in [0.717, 1.165) is 16.7 Å². The molecule has 1 aromatic heterocycles. The molecule has 8 heteroatoms. The fourth-order valence-corrected chi connectivity index (χ4v) is 3.64. The first kappa shape index (κ1) is 14.0. The second-order valence-electron chi connectivity index (χ2n) is 5.43. The van der Waals surface area contributed by atoms with E-state index in [0.29, 0.717) is 6.54 Å². The van der Waals surface area contributed by atoms with Crippen LogP contribution < -0.4 is 10.0 Å².